The van der Waals surface area contributed by atoms with Gasteiger partial charge < -0.3 is 4.98 Å². The van der Waals surface area contributed by atoms with E-state index in [-0.39, 0.29) is 11.6 Å². The summed E-state index contributed by atoms with van der Waals surface area (Å²) < 4.78 is 13.2. The average Bonchev–Trinajstić information content (AvgIpc) is 3.10. The van der Waals surface area contributed by atoms with Crippen molar-refractivity contribution >= 4 is 28.0 Å². The highest BCUT2D eigenvalue weighted by Crippen LogP contribution is 2.33. The van der Waals surface area contributed by atoms with Crippen molar-refractivity contribution in [2.24, 2.45) is 0 Å². The van der Waals surface area contributed by atoms with Crippen molar-refractivity contribution in [2.45, 2.75) is 19.3 Å². The first-order valence-corrected chi connectivity index (χ1v) is 7.47. The molecule has 1 aromatic carbocycles. The van der Waals surface area contributed by atoms with Crippen molar-refractivity contribution < 1.29 is 9.18 Å². The third-order valence-corrected chi connectivity index (χ3v) is 5.09. The minimum absolute atomic E-state index is 0.0299. The van der Waals surface area contributed by atoms with E-state index < -0.39 is 0 Å². The normalized spacial score (nSPS) is 13.8. The number of aromatic nitrogens is 1. The quantitative estimate of drug-likeness (QED) is 0.707. The second-order valence-electron chi connectivity index (χ2n) is 5.13. The smallest absolute Gasteiger partial charge is 0.205 e. The van der Waals surface area contributed by atoms with E-state index >= 15 is 0 Å². The molecule has 0 fully saturated rings. The topological polar surface area (TPSA) is 32.9 Å². The van der Waals surface area contributed by atoms with Gasteiger partial charge in [-0.05, 0) is 49.1 Å². The van der Waals surface area contributed by atoms with Gasteiger partial charge in [0, 0.05) is 27.5 Å². The van der Waals surface area contributed by atoms with Crippen LogP contribution in [0.25, 0.3) is 10.9 Å². The first-order valence-electron chi connectivity index (χ1n) is 6.65. The molecule has 1 aliphatic rings. The highest BCUT2D eigenvalue weighted by molar-refractivity contribution is 7.14. The average molecular weight is 285 g/mol. The van der Waals surface area contributed by atoms with E-state index in [1.54, 1.807) is 23.6 Å². The number of hydrogen-bond donors (Lipinski definition) is 1. The molecule has 2 aromatic heterocycles. The lowest BCUT2D eigenvalue weighted by molar-refractivity contribution is 0.104. The van der Waals surface area contributed by atoms with Crippen molar-refractivity contribution in [3.05, 3.63) is 57.2 Å². The summed E-state index contributed by atoms with van der Waals surface area (Å²) in [4.78, 5) is 17.7. The third kappa shape index (κ3) is 1.72. The Kier molecular flexibility index (Phi) is 2.54. The molecule has 0 aliphatic heterocycles. The lowest BCUT2D eigenvalue weighted by Crippen LogP contribution is -1.97. The van der Waals surface area contributed by atoms with E-state index in [9.17, 15) is 9.18 Å². The van der Waals surface area contributed by atoms with Crippen molar-refractivity contribution in [3.8, 4) is 0 Å². The number of H-pyrrole nitrogens is 1. The zero-order valence-corrected chi connectivity index (χ0v) is 11.5. The van der Waals surface area contributed by atoms with Gasteiger partial charge in [-0.15, -0.1) is 11.3 Å². The largest absolute Gasteiger partial charge is 0.360 e. The number of aromatic amines is 1. The summed E-state index contributed by atoms with van der Waals surface area (Å²) in [5, 5.41) is 0.782. The number of halogens is 1. The van der Waals surface area contributed by atoms with Gasteiger partial charge in [0.25, 0.3) is 0 Å². The molecule has 1 N–H and O–H groups in total. The Morgan fingerprint density at radius 3 is 3.00 bits per heavy atom. The minimum atomic E-state index is -0.298. The lowest BCUT2D eigenvalue weighted by atomic mass is 10.1. The predicted molar refractivity (Wildman–Crippen MR) is 78.0 cm³/mol. The molecule has 4 rings (SSSR count). The van der Waals surface area contributed by atoms with Gasteiger partial charge in [-0.1, -0.05) is 0 Å². The van der Waals surface area contributed by atoms with Gasteiger partial charge in [0.15, 0.2) is 0 Å². The fraction of sp³-hybridized carbons (Fsp3) is 0.188. The van der Waals surface area contributed by atoms with Gasteiger partial charge >= 0.3 is 0 Å². The van der Waals surface area contributed by atoms with Crippen molar-refractivity contribution in [2.75, 3.05) is 0 Å². The summed E-state index contributed by atoms with van der Waals surface area (Å²) in [6.07, 6.45) is 5.05. The number of hydrogen-bond acceptors (Lipinski definition) is 2. The molecule has 2 heterocycles. The molecule has 0 unspecified atom stereocenters. The first-order chi connectivity index (χ1) is 9.72. The molecule has 0 saturated heterocycles. The Balaban J connectivity index is 1.79. The zero-order chi connectivity index (χ0) is 13.7. The van der Waals surface area contributed by atoms with Crippen molar-refractivity contribution in [1.82, 2.24) is 4.98 Å². The number of benzene rings is 1. The number of carbonyl (C=O) groups excluding carboxylic acids is 1. The van der Waals surface area contributed by atoms with Crippen LogP contribution in [0, 0.1) is 5.82 Å². The number of aryl methyl sites for hydroxylation is 2. The van der Waals surface area contributed by atoms with Crippen LogP contribution in [0.4, 0.5) is 4.39 Å². The molecule has 1 aliphatic carbocycles. The van der Waals surface area contributed by atoms with E-state index in [1.807, 2.05) is 6.07 Å². The van der Waals surface area contributed by atoms with E-state index in [0.717, 1.165) is 23.1 Å². The second-order valence-corrected chi connectivity index (χ2v) is 6.27. The Morgan fingerprint density at radius 2 is 2.15 bits per heavy atom. The maximum atomic E-state index is 13.2. The number of thiophene rings is 1. The lowest BCUT2D eigenvalue weighted by Gasteiger charge is -1.97. The Morgan fingerprint density at radius 1 is 1.25 bits per heavy atom. The van der Waals surface area contributed by atoms with Crippen molar-refractivity contribution in [1.29, 1.82) is 0 Å². The maximum absolute atomic E-state index is 13.2. The fourth-order valence-electron chi connectivity index (χ4n) is 2.86. The predicted octanol–water partition coefficient (Wildman–Crippen LogP) is 4.09. The summed E-state index contributed by atoms with van der Waals surface area (Å²) in [5.74, 6) is -0.268. The summed E-state index contributed by atoms with van der Waals surface area (Å²) in [7, 11) is 0. The highest BCUT2D eigenvalue weighted by Gasteiger charge is 2.21. The molecular weight excluding hydrogens is 273 g/mol. The first kappa shape index (κ1) is 11.9. The molecule has 0 spiro atoms. The van der Waals surface area contributed by atoms with Crippen LogP contribution in [0.1, 0.15) is 32.1 Å². The number of nitrogens with one attached hydrogen (secondary N) is 1. The van der Waals surface area contributed by atoms with Crippen LogP contribution >= 0.6 is 11.3 Å². The van der Waals surface area contributed by atoms with Crippen molar-refractivity contribution in [3.63, 3.8) is 0 Å². The molecule has 100 valence electrons. The summed E-state index contributed by atoms with van der Waals surface area (Å²) in [6, 6.07) is 6.50. The molecular formula is C16H12FNOS. The number of ketones is 1. The fourth-order valence-corrected chi connectivity index (χ4v) is 4.07. The van der Waals surface area contributed by atoms with Gasteiger partial charge in [-0.2, -0.15) is 0 Å². The minimum Gasteiger partial charge on any atom is -0.360 e. The van der Waals surface area contributed by atoms with Gasteiger partial charge in [-0.25, -0.2) is 4.39 Å². The number of carbonyl (C=O) groups is 1. The number of rotatable bonds is 2. The van der Waals surface area contributed by atoms with Crippen LogP contribution in [-0.2, 0) is 12.8 Å². The third-order valence-electron chi connectivity index (χ3n) is 3.86. The SMILES string of the molecule is O=C(c1cc2c(s1)CCC2)c1c[nH]c2cc(F)ccc12. The Labute approximate surface area is 119 Å². The summed E-state index contributed by atoms with van der Waals surface area (Å²) >= 11 is 1.60. The molecule has 4 heteroatoms. The van der Waals surface area contributed by atoms with Gasteiger partial charge in [0.2, 0.25) is 5.78 Å². The van der Waals surface area contributed by atoms with Crippen LogP contribution in [0.2, 0.25) is 0 Å². The highest BCUT2D eigenvalue weighted by atomic mass is 32.1. The Bertz CT molecular complexity index is 809. The molecule has 0 saturated carbocycles. The monoisotopic (exact) mass is 285 g/mol. The summed E-state index contributed by atoms with van der Waals surface area (Å²) in [5.41, 5.74) is 2.61. The van der Waals surface area contributed by atoms with Crippen LogP contribution in [0.15, 0.2) is 30.5 Å². The van der Waals surface area contributed by atoms with Crippen LogP contribution in [0.5, 0.6) is 0 Å². The van der Waals surface area contributed by atoms with E-state index in [0.29, 0.717) is 11.1 Å². The van der Waals surface area contributed by atoms with Crippen LogP contribution < -0.4 is 0 Å². The molecule has 3 aromatic rings. The van der Waals surface area contributed by atoms with Gasteiger partial charge in [0.05, 0.1) is 4.88 Å². The zero-order valence-electron chi connectivity index (χ0n) is 10.7. The molecule has 0 radical (unpaired) electrons. The van der Waals surface area contributed by atoms with Gasteiger partial charge in [0.1, 0.15) is 5.82 Å². The molecule has 0 bridgehead atoms. The molecule has 2 nitrogen and oxygen atoms in total. The number of fused-ring (bicyclic) bond motifs is 2. The maximum Gasteiger partial charge on any atom is 0.205 e. The molecule has 0 amide bonds. The molecule has 0 atom stereocenters. The molecule has 20 heavy (non-hydrogen) atoms. The summed E-state index contributed by atoms with van der Waals surface area (Å²) in [6.45, 7) is 0. The van der Waals surface area contributed by atoms with Gasteiger partial charge in [-0.3, -0.25) is 4.79 Å². The van der Waals surface area contributed by atoms with E-state index in [2.05, 4.69) is 4.98 Å². The Hall–Kier alpha value is -1.94. The van der Waals surface area contributed by atoms with Crippen LogP contribution in [0.3, 0.4) is 0 Å². The standard InChI is InChI=1S/C16H12FNOS/c17-10-4-5-11-12(8-18-13(11)7-10)16(19)15-6-9-2-1-3-14(9)20-15/h4-8,18H,1-3H2. The second kappa shape index (κ2) is 4.28. The van der Waals surface area contributed by atoms with E-state index in [1.165, 1.54) is 29.0 Å². The van der Waals surface area contributed by atoms with Crippen LogP contribution in [-0.4, -0.2) is 10.8 Å². The van der Waals surface area contributed by atoms with E-state index in [4.69, 9.17) is 0 Å².